The van der Waals surface area contributed by atoms with Crippen molar-refractivity contribution in [2.24, 2.45) is 5.92 Å². The van der Waals surface area contributed by atoms with Crippen molar-refractivity contribution in [3.63, 3.8) is 0 Å². The van der Waals surface area contributed by atoms with E-state index in [0.29, 0.717) is 31.1 Å². The summed E-state index contributed by atoms with van der Waals surface area (Å²) in [7, 11) is 0. The predicted octanol–water partition coefficient (Wildman–Crippen LogP) is 1.41. The number of tetrazole rings is 1. The molecule has 0 atom stereocenters. The first-order valence-corrected chi connectivity index (χ1v) is 8.50. The van der Waals surface area contributed by atoms with Gasteiger partial charge in [-0.05, 0) is 35.0 Å². The van der Waals surface area contributed by atoms with Crippen molar-refractivity contribution in [3.8, 4) is 5.69 Å². The van der Waals surface area contributed by atoms with E-state index in [4.69, 9.17) is 0 Å². The van der Waals surface area contributed by atoms with Crippen molar-refractivity contribution in [2.75, 3.05) is 26.2 Å². The molecule has 0 unspecified atom stereocenters. The highest BCUT2D eigenvalue weighted by Crippen LogP contribution is 2.17. The van der Waals surface area contributed by atoms with Crippen LogP contribution in [0.15, 0.2) is 18.2 Å². The molecule has 1 fully saturated rings. The highest BCUT2D eigenvalue weighted by molar-refractivity contribution is 5.78. The Hall–Kier alpha value is -2.35. The summed E-state index contributed by atoms with van der Waals surface area (Å²) in [6.07, 6.45) is 0. The Morgan fingerprint density at radius 3 is 2.64 bits per heavy atom. The maximum atomic E-state index is 14.1. The topological polar surface area (TPSA) is 67.2 Å². The molecule has 1 aliphatic rings. The number of amides is 1. The molecule has 1 aromatic carbocycles. The third kappa shape index (κ3) is 3.84. The lowest BCUT2D eigenvalue weighted by molar-refractivity contribution is -0.136. The molecular weight excluding hydrogens is 323 g/mol. The highest BCUT2D eigenvalue weighted by atomic mass is 19.1. The summed E-state index contributed by atoms with van der Waals surface area (Å²) in [6, 6.07) is 4.87. The lowest BCUT2D eigenvalue weighted by Gasteiger charge is -2.35. The molecule has 0 radical (unpaired) electrons. The molecule has 2 heterocycles. The van der Waals surface area contributed by atoms with Crippen molar-refractivity contribution < 1.29 is 9.18 Å². The van der Waals surface area contributed by atoms with Crippen LogP contribution in [0.2, 0.25) is 0 Å². The van der Waals surface area contributed by atoms with E-state index >= 15 is 0 Å². The molecule has 0 aliphatic carbocycles. The molecule has 0 spiro atoms. The van der Waals surface area contributed by atoms with Gasteiger partial charge in [-0.25, -0.2) is 4.39 Å². The fourth-order valence-corrected chi connectivity index (χ4v) is 2.97. The zero-order valence-electron chi connectivity index (χ0n) is 14.8. The standard InChI is InChI=1S/C17H23FN6O/c1-12(2)17(25)23-8-6-22(7-9-23)11-16-19-20-21-24(16)15-10-13(3)4-5-14(15)18/h4-5,10,12H,6-9,11H2,1-3H3. The summed E-state index contributed by atoms with van der Waals surface area (Å²) in [6.45, 7) is 9.14. The minimum absolute atomic E-state index is 0.0168. The van der Waals surface area contributed by atoms with E-state index in [-0.39, 0.29) is 17.6 Å². The molecule has 1 amide bonds. The average molecular weight is 346 g/mol. The second-order valence-corrected chi connectivity index (χ2v) is 6.72. The van der Waals surface area contributed by atoms with Crippen LogP contribution >= 0.6 is 0 Å². The first-order valence-electron chi connectivity index (χ1n) is 8.50. The van der Waals surface area contributed by atoms with Crippen LogP contribution in [0.25, 0.3) is 5.69 Å². The SMILES string of the molecule is Cc1ccc(F)c(-n2nnnc2CN2CCN(C(=O)C(C)C)CC2)c1. The molecule has 25 heavy (non-hydrogen) atoms. The highest BCUT2D eigenvalue weighted by Gasteiger charge is 2.24. The Labute approximate surface area is 146 Å². The second-order valence-electron chi connectivity index (χ2n) is 6.72. The maximum Gasteiger partial charge on any atom is 0.225 e. The predicted molar refractivity (Wildman–Crippen MR) is 90.5 cm³/mol. The van der Waals surface area contributed by atoms with Crippen LogP contribution in [0.1, 0.15) is 25.2 Å². The lowest BCUT2D eigenvalue weighted by atomic mass is 10.1. The van der Waals surface area contributed by atoms with Gasteiger partial charge in [0.25, 0.3) is 0 Å². The van der Waals surface area contributed by atoms with Crippen molar-refractivity contribution in [2.45, 2.75) is 27.3 Å². The number of benzene rings is 1. The molecule has 8 heteroatoms. The van der Waals surface area contributed by atoms with Crippen LogP contribution in [-0.4, -0.2) is 62.1 Å². The van der Waals surface area contributed by atoms with E-state index in [1.165, 1.54) is 10.7 Å². The molecule has 1 aliphatic heterocycles. The fourth-order valence-electron chi connectivity index (χ4n) is 2.97. The number of rotatable bonds is 4. The Bertz CT molecular complexity index is 751. The summed E-state index contributed by atoms with van der Waals surface area (Å²) in [4.78, 5) is 16.1. The van der Waals surface area contributed by atoms with Gasteiger partial charge in [-0.2, -0.15) is 4.68 Å². The van der Waals surface area contributed by atoms with Gasteiger partial charge in [0.1, 0.15) is 11.5 Å². The number of hydrogen-bond acceptors (Lipinski definition) is 5. The quantitative estimate of drug-likeness (QED) is 0.837. The number of aromatic nitrogens is 4. The largest absolute Gasteiger partial charge is 0.340 e. The fraction of sp³-hybridized carbons (Fsp3) is 0.529. The van der Waals surface area contributed by atoms with Gasteiger partial charge in [0, 0.05) is 32.1 Å². The van der Waals surface area contributed by atoms with Crippen LogP contribution in [0, 0.1) is 18.7 Å². The van der Waals surface area contributed by atoms with Gasteiger partial charge in [-0.1, -0.05) is 19.9 Å². The third-order valence-electron chi connectivity index (χ3n) is 4.41. The second kappa shape index (κ2) is 7.26. The molecule has 1 saturated heterocycles. The zero-order valence-corrected chi connectivity index (χ0v) is 14.8. The molecule has 0 N–H and O–H groups in total. The number of halogens is 1. The molecule has 1 aromatic heterocycles. The third-order valence-corrected chi connectivity index (χ3v) is 4.41. The van der Waals surface area contributed by atoms with Crippen LogP contribution in [0.4, 0.5) is 4.39 Å². The molecule has 3 rings (SSSR count). The van der Waals surface area contributed by atoms with Gasteiger partial charge in [-0.15, -0.1) is 5.10 Å². The Morgan fingerprint density at radius 2 is 1.96 bits per heavy atom. The van der Waals surface area contributed by atoms with Gasteiger partial charge in [0.15, 0.2) is 5.82 Å². The number of carbonyl (C=O) groups excluding carboxylic acids is 1. The minimum atomic E-state index is -0.355. The normalized spacial score (nSPS) is 15.8. The van der Waals surface area contributed by atoms with Crippen molar-refractivity contribution in [3.05, 3.63) is 35.4 Å². The first-order chi connectivity index (χ1) is 12.0. The summed E-state index contributed by atoms with van der Waals surface area (Å²) in [5.41, 5.74) is 1.30. The molecule has 0 bridgehead atoms. The van der Waals surface area contributed by atoms with E-state index in [1.807, 2.05) is 25.7 Å². The van der Waals surface area contributed by atoms with Crippen molar-refractivity contribution in [1.82, 2.24) is 30.0 Å². The molecule has 134 valence electrons. The van der Waals surface area contributed by atoms with Crippen molar-refractivity contribution >= 4 is 5.91 Å². The molecule has 0 saturated carbocycles. The van der Waals surface area contributed by atoms with E-state index in [1.54, 1.807) is 12.1 Å². The summed E-state index contributed by atoms with van der Waals surface area (Å²) < 4.78 is 15.6. The molecule has 2 aromatic rings. The van der Waals surface area contributed by atoms with Gasteiger partial charge in [-0.3, -0.25) is 9.69 Å². The minimum Gasteiger partial charge on any atom is -0.340 e. The Morgan fingerprint density at radius 1 is 1.24 bits per heavy atom. The Kier molecular flexibility index (Phi) is 5.08. The van der Waals surface area contributed by atoms with E-state index in [2.05, 4.69) is 20.4 Å². The first kappa shape index (κ1) is 17.5. The lowest BCUT2D eigenvalue weighted by Crippen LogP contribution is -2.49. The number of carbonyl (C=O) groups is 1. The smallest absolute Gasteiger partial charge is 0.225 e. The van der Waals surface area contributed by atoms with Crippen molar-refractivity contribution in [1.29, 1.82) is 0 Å². The summed E-state index contributed by atoms with van der Waals surface area (Å²) >= 11 is 0. The molecule has 7 nitrogen and oxygen atoms in total. The van der Waals surface area contributed by atoms with E-state index in [0.717, 1.165) is 18.7 Å². The maximum absolute atomic E-state index is 14.1. The van der Waals surface area contributed by atoms with Crippen LogP contribution in [0.5, 0.6) is 0 Å². The zero-order chi connectivity index (χ0) is 18.0. The Balaban J connectivity index is 1.69. The number of hydrogen-bond donors (Lipinski definition) is 0. The number of piperazine rings is 1. The van der Waals surface area contributed by atoms with E-state index in [9.17, 15) is 9.18 Å². The number of nitrogens with zero attached hydrogens (tertiary/aromatic N) is 6. The molecular formula is C17H23FN6O. The number of aryl methyl sites for hydroxylation is 1. The average Bonchev–Trinajstić information content (AvgIpc) is 3.05. The monoisotopic (exact) mass is 346 g/mol. The summed E-state index contributed by atoms with van der Waals surface area (Å²) in [5, 5.41) is 11.7. The van der Waals surface area contributed by atoms with Crippen LogP contribution in [0.3, 0.4) is 0 Å². The van der Waals surface area contributed by atoms with Gasteiger partial charge in [0.2, 0.25) is 5.91 Å². The van der Waals surface area contributed by atoms with Gasteiger partial charge < -0.3 is 4.90 Å². The van der Waals surface area contributed by atoms with Gasteiger partial charge in [0.05, 0.1) is 6.54 Å². The van der Waals surface area contributed by atoms with E-state index < -0.39 is 0 Å². The van der Waals surface area contributed by atoms with Gasteiger partial charge >= 0.3 is 0 Å². The van der Waals surface area contributed by atoms with Crippen LogP contribution in [-0.2, 0) is 11.3 Å². The van der Waals surface area contributed by atoms with Crippen LogP contribution < -0.4 is 0 Å². The summed E-state index contributed by atoms with van der Waals surface area (Å²) in [5.74, 6) is 0.439.